The summed E-state index contributed by atoms with van der Waals surface area (Å²) in [5.74, 6) is -0.304. The minimum atomic E-state index is -0.282. The molecule has 0 radical (unpaired) electrons. The summed E-state index contributed by atoms with van der Waals surface area (Å²) in [6.45, 7) is 0.716. The van der Waals surface area contributed by atoms with E-state index < -0.39 is 0 Å². The topological polar surface area (TPSA) is 78.5 Å². The maximum atomic E-state index is 12.1. The smallest absolute Gasteiger partial charge is 0.251 e. The van der Waals surface area contributed by atoms with Gasteiger partial charge in [-0.3, -0.25) is 14.4 Å². The van der Waals surface area contributed by atoms with E-state index in [4.69, 9.17) is 0 Å². The van der Waals surface area contributed by atoms with E-state index in [2.05, 4.69) is 10.6 Å². The van der Waals surface area contributed by atoms with Crippen molar-refractivity contribution in [1.82, 2.24) is 10.6 Å². The molecule has 1 aromatic carbocycles. The van der Waals surface area contributed by atoms with Crippen molar-refractivity contribution < 1.29 is 14.4 Å². The monoisotopic (exact) mass is 329 g/mol. The lowest BCUT2D eigenvalue weighted by molar-refractivity contribution is -0.120. The van der Waals surface area contributed by atoms with Crippen LogP contribution in [-0.2, 0) is 9.59 Å². The first-order chi connectivity index (χ1) is 11.6. The number of hydrogen-bond acceptors (Lipinski definition) is 3. The average Bonchev–Trinajstić information content (AvgIpc) is 3.24. The van der Waals surface area contributed by atoms with Crippen LogP contribution in [0.15, 0.2) is 24.3 Å². The van der Waals surface area contributed by atoms with Crippen molar-refractivity contribution in [2.24, 2.45) is 0 Å². The van der Waals surface area contributed by atoms with Gasteiger partial charge in [-0.2, -0.15) is 0 Å². The van der Waals surface area contributed by atoms with Gasteiger partial charge in [0.15, 0.2) is 0 Å². The van der Waals surface area contributed by atoms with E-state index >= 15 is 0 Å². The molecule has 128 valence electrons. The number of rotatable bonds is 5. The van der Waals surface area contributed by atoms with E-state index in [0.29, 0.717) is 12.0 Å². The minimum Gasteiger partial charge on any atom is -0.352 e. The standard InChI is InChI=1S/C18H23N3O3/c22-16(20-14-4-1-2-5-14)12-19-18(24)13-7-9-15(10-8-13)21-11-3-6-17(21)23/h7-10,14H,1-6,11-12H2,(H,19,24)(H,20,22). The van der Waals surface area contributed by atoms with Crippen LogP contribution >= 0.6 is 0 Å². The van der Waals surface area contributed by atoms with Gasteiger partial charge in [0.05, 0.1) is 6.54 Å². The molecule has 0 unspecified atom stereocenters. The van der Waals surface area contributed by atoms with Gasteiger partial charge in [-0.25, -0.2) is 0 Å². The molecule has 3 amide bonds. The summed E-state index contributed by atoms with van der Waals surface area (Å²) in [6.07, 6.45) is 5.81. The third-order valence-corrected chi connectivity index (χ3v) is 4.64. The SMILES string of the molecule is O=C(CNC(=O)c1ccc(N2CCCC2=O)cc1)NC1CCCC1. The molecular weight excluding hydrogens is 306 g/mol. The quantitative estimate of drug-likeness (QED) is 0.861. The molecule has 0 aromatic heterocycles. The highest BCUT2D eigenvalue weighted by Crippen LogP contribution is 2.21. The molecule has 6 heteroatoms. The van der Waals surface area contributed by atoms with Gasteiger partial charge in [-0.05, 0) is 43.5 Å². The first-order valence-corrected chi connectivity index (χ1v) is 8.61. The maximum absolute atomic E-state index is 12.1. The van der Waals surface area contributed by atoms with Crippen LogP contribution in [0.25, 0.3) is 0 Å². The number of carbonyl (C=O) groups is 3. The van der Waals surface area contributed by atoms with Crippen molar-refractivity contribution in [3.05, 3.63) is 29.8 Å². The highest BCUT2D eigenvalue weighted by Gasteiger charge is 2.22. The van der Waals surface area contributed by atoms with Crippen LogP contribution in [0.3, 0.4) is 0 Å². The highest BCUT2D eigenvalue weighted by molar-refractivity contribution is 5.98. The van der Waals surface area contributed by atoms with Crippen molar-refractivity contribution in [1.29, 1.82) is 0 Å². The Balaban J connectivity index is 1.49. The number of amides is 3. The van der Waals surface area contributed by atoms with Crippen molar-refractivity contribution in [2.75, 3.05) is 18.0 Å². The molecule has 1 aromatic rings. The van der Waals surface area contributed by atoms with E-state index in [1.807, 2.05) is 0 Å². The highest BCUT2D eigenvalue weighted by atomic mass is 16.2. The summed E-state index contributed by atoms with van der Waals surface area (Å²) in [5.41, 5.74) is 1.30. The second kappa shape index (κ2) is 7.47. The summed E-state index contributed by atoms with van der Waals surface area (Å²) >= 11 is 0. The molecular formula is C18H23N3O3. The summed E-state index contributed by atoms with van der Waals surface area (Å²) in [4.78, 5) is 37.4. The van der Waals surface area contributed by atoms with Crippen LogP contribution in [0.1, 0.15) is 48.9 Å². The average molecular weight is 329 g/mol. The van der Waals surface area contributed by atoms with Crippen LogP contribution in [-0.4, -0.2) is 36.9 Å². The Kier molecular flexibility index (Phi) is 5.13. The fourth-order valence-corrected chi connectivity index (χ4v) is 3.33. The molecule has 1 heterocycles. The summed E-state index contributed by atoms with van der Waals surface area (Å²) in [6, 6.07) is 7.18. The van der Waals surface area contributed by atoms with Gasteiger partial charge < -0.3 is 15.5 Å². The van der Waals surface area contributed by atoms with Crippen LogP contribution in [0, 0.1) is 0 Å². The van der Waals surface area contributed by atoms with Gasteiger partial charge >= 0.3 is 0 Å². The molecule has 2 N–H and O–H groups in total. The number of anilines is 1. The zero-order valence-electron chi connectivity index (χ0n) is 13.7. The van der Waals surface area contributed by atoms with Gasteiger partial charge in [-0.15, -0.1) is 0 Å². The maximum Gasteiger partial charge on any atom is 0.251 e. The van der Waals surface area contributed by atoms with Crippen molar-refractivity contribution >= 4 is 23.4 Å². The first-order valence-electron chi connectivity index (χ1n) is 8.61. The fraction of sp³-hybridized carbons (Fsp3) is 0.500. The molecule has 0 spiro atoms. The zero-order valence-corrected chi connectivity index (χ0v) is 13.7. The molecule has 1 saturated heterocycles. The van der Waals surface area contributed by atoms with Gasteiger partial charge in [0, 0.05) is 30.3 Å². The first kappa shape index (κ1) is 16.5. The number of benzene rings is 1. The summed E-state index contributed by atoms with van der Waals surface area (Å²) < 4.78 is 0. The van der Waals surface area contributed by atoms with Crippen molar-refractivity contribution in [2.45, 2.75) is 44.6 Å². The van der Waals surface area contributed by atoms with Crippen LogP contribution in [0.4, 0.5) is 5.69 Å². The predicted molar refractivity (Wildman–Crippen MR) is 90.8 cm³/mol. The Bertz CT molecular complexity index is 621. The molecule has 1 saturated carbocycles. The summed E-state index contributed by atoms with van der Waals surface area (Å²) in [5, 5.41) is 5.58. The number of nitrogens with one attached hydrogen (secondary N) is 2. The Morgan fingerprint density at radius 2 is 1.79 bits per heavy atom. The van der Waals surface area contributed by atoms with E-state index in [1.165, 1.54) is 0 Å². The Morgan fingerprint density at radius 1 is 1.08 bits per heavy atom. The Morgan fingerprint density at radius 3 is 2.42 bits per heavy atom. The van der Waals surface area contributed by atoms with E-state index in [9.17, 15) is 14.4 Å². The lowest BCUT2D eigenvalue weighted by Gasteiger charge is -2.16. The lowest BCUT2D eigenvalue weighted by Crippen LogP contribution is -2.40. The molecule has 0 bridgehead atoms. The molecule has 3 rings (SSSR count). The molecule has 0 atom stereocenters. The van der Waals surface area contributed by atoms with Gasteiger partial charge in [0.1, 0.15) is 0 Å². The zero-order chi connectivity index (χ0) is 16.9. The second-order valence-corrected chi connectivity index (χ2v) is 6.43. The normalized spacial score (nSPS) is 18.0. The second-order valence-electron chi connectivity index (χ2n) is 6.43. The summed E-state index contributed by atoms with van der Waals surface area (Å²) in [7, 11) is 0. The van der Waals surface area contributed by atoms with Crippen LogP contribution in [0.2, 0.25) is 0 Å². The lowest BCUT2D eigenvalue weighted by atomic mass is 10.2. The number of hydrogen-bond donors (Lipinski definition) is 2. The minimum absolute atomic E-state index is 0.0122. The number of nitrogens with zero attached hydrogens (tertiary/aromatic N) is 1. The Labute approximate surface area is 141 Å². The largest absolute Gasteiger partial charge is 0.352 e. The molecule has 6 nitrogen and oxygen atoms in total. The number of carbonyl (C=O) groups excluding carboxylic acids is 3. The third kappa shape index (κ3) is 3.93. The van der Waals surface area contributed by atoms with Gasteiger partial charge in [0.2, 0.25) is 11.8 Å². The van der Waals surface area contributed by atoms with Gasteiger partial charge in [0.25, 0.3) is 5.91 Å². The fourth-order valence-electron chi connectivity index (χ4n) is 3.33. The van der Waals surface area contributed by atoms with Crippen molar-refractivity contribution in [3.63, 3.8) is 0 Å². The molecule has 2 fully saturated rings. The van der Waals surface area contributed by atoms with Gasteiger partial charge in [-0.1, -0.05) is 12.8 Å². The molecule has 1 aliphatic heterocycles. The van der Waals surface area contributed by atoms with E-state index in [0.717, 1.165) is 44.3 Å². The van der Waals surface area contributed by atoms with E-state index in [1.54, 1.807) is 29.2 Å². The van der Waals surface area contributed by atoms with Crippen LogP contribution in [0.5, 0.6) is 0 Å². The Hall–Kier alpha value is -2.37. The predicted octanol–water partition coefficient (Wildman–Crippen LogP) is 1.60. The van der Waals surface area contributed by atoms with Crippen LogP contribution < -0.4 is 15.5 Å². The van der Waals surface area contributed by atoms with E-state index in [-0.39, 0.29) is 30.3 Å². The molecule has 2 aliphatic rings. The third-order valence-electron chi connectivity index (χ3n) is 4.64. The van der Waals surface area contributed by atoms with Crippen molar-refractivity contribution in [3.8, 4) is 0 Å². The molecule has 1 aliphatic carbocycles. The molecule has 24 heavy (non-hydrogen) atoms.